The predicted octanol–water partition coefficient (Wildman–Crippen LogP) is 3.31. The van der Waals surface area contributed by atoms with Gasteiger partial charge in [0.25, 0.3) is 5.91 Å². The molecule has 2 amide bonds. The van der Waals surface area contributed by atoms with E-state index in [9.17, 15) is 9.59 Å². The Morgan fingerprint density at radius 1 is 1.27 bits per heavy atom. The number of nitrogens with two attached hydrogens (primary N) is 1. The van der Waals surface area contributed by atoms with Crippen molar-refractivity contribution < 1.29 is 14.3 Å². The number of hydrogen-bond acceptors (Lipinski definition) is 6. The standard InChI is InChI=1S/C26H34N6O3S2/c1-14-10-21(32(30-14)18-8-9-35-13-18)31(26(27)36)17-6-7-20-19(11-17)22(24(34)28-12-15-2-3-15)25(37-20)29-23(33)16-4-5-16/h10,15-18H,2-9,11-13H2,1H3,(H2,27,36)(H,28,34)(H,29,33)/t17-,18?/m0/s1. The van der Waals surface area contributed by atoms with E-state index in [2.05, 4.69) is 10.6 Å². The maximum Gasteiger partial charge on any atom is 0.254 e. The fraction of sp³-hybridized carbons (Fsp3) is 0.615. The summed E-state index contributed by atoms with van der Waals surface area (Å²) >= 11 is 7.13. The van der Waals surface area contributed by atoms with E-state index >= 15 is 0 Å². The lowest BCUT2D eigenvalue weighted by Gasteiger charge is -2.35. The number of thiophene rings is 1. The Morgan fingerprint density at radius 2 is 2.08 bits per heavy atom. The molecule has 0 aromatic carbocycles. The SMILES string of the molecule is Cc1cc(N(C(N)=S)[C@H]2CCc3sc(NC(=O)C4CC4)c(C(=O)NCC4CC4)c3C2)n(C2CCOC2)n1. The van der Waals surface area contributed by atoms with Crippen LogP contribution in [0.1, 0.15) is 71.1 Å². The van der Waals surface area contributed by atoms with Gasteiger partial charge in [-0.05, 0) is 82.0 Å². The molecule has 4 aliphatic rings. The van der Waals surface area contributed by atoms with E-state index in [1.807, 2.05) is 22.6 Å². The molecular weight excluding hydrogens is 508 g/mol. The van der Waals surface area contributed by atoms with E-state index in [-0.39, 0.29) is 29.8 Å². The van der Waals surface area contributed by atoms with Gasteiger partial charge >= 0.3 is 0 Å². The average molecular weight is 543 g/mol. The number of thiocarbonyl (C=S) groups is 1. The zero-order valence-corrected chi connectivity index (χ0v) is 22.8. The first-order valence-electron chi connectivity index (χ1n) is 13.3. The maximum atomic E-state index is 13.5. The summed E-state index contributed by atoms with van der Waals surface area (Å²) in [6.07, 6.45) is 7.33. The summed E-state index contributed by atoms with van der Waals surface area (Å²) < 4.78 is 7.64. The normalized spacial score (nSPS) is 22.9. The molecule has 3 aliphatic carbocycles. The van der Waals surface area contributed by atoms with Crippen LogP contribution in [0.15, 0.2) is 6.07 Å². The molecule has 0 radical (unpaired) electrons. The molecule has 9 nitrogen and oxygen atoms in total. The largest absolute Gasteiger partial charge is 0.379 e. The summed E-state index contributed by atoms with van der Waals surface area (Å²) in [5.41, 5.74) is 8.88. The predicted molar refractivity (Wildman–Crippen MR) is 147 cm³/mol. The number of ether oxygens (including phenoxy) is 1. The van der Waals surface area contributed by atoms with Gasteiger partial charge in [0, 0.05) is 36.1 Å². The molecule has 6 rings (SSSR count). The van der Waals surface area contributed by atoms with Crippen LogP contribution in [0.5, 0.6) is 0 Å². The van der Waals surface area contributed by atoms with Crippen LogP contribution in [0, 0.1) is 18.8 Å². The lowest BCUT2D eigenvalue weighted by molar-refractivity contribution is -0.117. The van der Waals surface area contributed by atoms with Gasteiger partial charge in [-0.3, -0.25) is 9.59 Å². The zero-order chi connectivity index (χ0) is 25.7. The Kier molecular flexibility index (Phi) is 6.70. The number of aryl methyl sites for hydroxylation is 2. The Morgan fingerprint density at radius 3 is 2.76 bits per heavy atom. The minimum Gasteiger partial charge on any atom is -0.379 e. The van der Waals surface area contributed by atoms with Gasteiger partial charge < -0.3 is 26.0 Å². The molecule has 2 aromatic heterocycles. The molecule has 2 atom stereocenters. The van der Waals surface area contributed by atoms with Crippen molar-refractivity contribution in [1.82, 2.24) is 15.1 Å². The van der Waals surface area contributed by atoms with Gasteiger partial charge in [0.05, 0.1) is 23.9 Å². The highest BCUT2D eigenvalue weighted by molar-refractivity contribution is 7.80. The van der Waals surface area contributed by atoms with Crippen LogP contribution in [0.25, 0.3) is 0 Å². The molecule has 1 aliphatic heterocycles. The molecule has 4 N–H and O–H groups in total. The lowest BCUT2D eigenvalue weighted by Crippen LogP contribution is -2.47. The van der Waals surface area contributed by atoms with Crippen molar-refractivity contribution in [2.24, 2.45) is 17.6 Å². The zero-order valence-electron chi connectivity index (χ0n) is 21.1. The summed E-state index contributed by atoms with van der Waals surface area (Å²) in [6.45, 7) is 3.99. The average Bonchev–Trinajstić information content (AvgIpc) is 3.76. The van der Waals surface area contributed by atoms with Crippen molar-refractivity contribution in [3.63, 3.8) is 0 Å². The molecule has 3 heterocycles. The molecule has 3 fully saturated rings. The van der Waals surface area contributed by atoms with Crippen LogP contribution < -0.4 is 21.3 Å². The number of anilines is 2. The van der Waals surface area contributed by atoms with Crippen molar-refractivity contribution in [2.45, 2.75) is 70.4 Å². The fourth-order valence-electron chi connectivity index (χ4n) is 5.47. The van der Waals surface area contributed by atoms with Crippen LogP contribution in [0.4, 0.5) is 10.8 Å². The highest BCUT2D eigenvalue weighted by Gasteiger charge is 2.37. The molecule has 0 spiro atoms. The third-order valence-corrected chi connectivity index (χ3v) is 9.24. The van der Waals surface area contributed by atoms with Gasteiger partial charge in [0.1, 0.15) is 10.8 Å². The summed E-state index contributed by atoms with van der Waals surface area (Å²) in [7, 11) is 0. The first kappa shape index (κ1) is 24.8. The summed E-state index contributed by atoms with van der Waals surface area (Å²) in [6, 6.07) is 2.16. The summed E-state index contributed by atoms with van der Waals surface area (Å²) in [5, 5.41) is 12.0. The number of aromatic nitrogens is 2. The number of nitrogens with one attached hydrogen (secondary N) is 2. The van der Waals surface area contributed by atoms with Crippen molar-refractivity contribution in [1.29, 1.82) is 0 Å². The van der Waals surface area contributed by atoms with Gasteiger partial charge in [-0.15, -0.1) is 11.3 Å². The minimum absolute atomic E-state index is 0.0151. The van der Waals surface area contributed by atoms with Crippen LogP contribution in [0.2, 0.25) is 0 Å². The summed E-state index contributed by atoms with van der Waals surface area (Å²) in [4.78, 5) is 29.3. The third kappa shape index (κ3) is 5.13. The van der Waals surface area contributed by atoms with E-state index in [1.54, 1.807) is 11.3 Å². The number of amides is 2. The maximum absolute atomic E-state index is 13.5. The van der Waals surface area contributed by atoms with Crippen molar-refractivity contribution in [3.05, 3.63) is 27.8 Å². The number of rotatable bonds is 8. The number of nitrogens with zero attached hydrogens (tertiary/aromatic N) is 3. The minimum atomic E-state index is -0.0954. The first-order valence-corrected chi connectivity index (χ1v) is 14.6. The van der Waals surface area contributed by atoms with Gasteiger partial charge in [-0.25, -0.2) is 4.68 Å². The second-order valence-electron chi connectivity index (χ2n) is 10.8. The van der Waals surface area contributed by atoms with E-state index in [4.69, 9.17) is 27.8 Å². The van der Waals surface area contributed by atoms with E-state index in [0.29, 0.717) is 47.8 Å². The second-order valence-corrected chi connectivity index (χ2v) is 12.4. The van der Waals surface area contributed by atoms with Gasteiger partial charge in [0.15, 0.2) is 5.11 Å². The Bertz CT molecular complexity index is 1230. The van der Waals surface area contributed by atoms with Crippen LogP contribution in [0.3, 0.4) is 0 Å². The number of carbonyl (C=O) groups excluding carboxylic acids is 2. The topological polar surface area (TPSA) is 115 Å². The van der Waals surface area contributed by atoms with Crippen molar-refractivity contribution >= 4 is 51.3 Å². The smallest absolute Gasteiger partial charge is 0.254 e. The molecule has 2 aromatic rings. The van der Waals surface area contributed by atoms with Gasteiger partial charge in [0.2, 0.25) is 5.91 Å². The lowest BCUT2D eigenvalue weighted by atomic mass is 9.90. The molecule has 0 bridgehead atoms. The van der Waals surface area contributed by atoms with E-state index < -0.39 is 0 Å². The molecule has 1 unspecified atom stereocenters. The molecule has 11 heteroatoms. The van der Waals surface area contributed by atoms with Gasteiger partial charge in [-0.2, -0.15) is 5.10 Å². The highest BCUT2D eigenvalue weighted by Crippen LogP contribution is 2.42. The van der Waals surface area contributed by atoms with Crippen LogP contribution in [-0.2, 0) is 22.4 Å². The molecular formula is C26H34N6O3S2. The molecule has 2 saturated carbocycles. The first-order chi connectivity index (χ1) is 17.9. The monoisotopic (exact) mass is 542 g/mol. The second kappa shape index (κ2) is 9.99. The highest BCUT2D eigenvalue weighted by atomic mass is 32.1. The Hall–Kier alpha value is -2.50. The van der Waals surface area contributed by atoms with Crippen molar-refractivity contribution in [2.75, 3.05) is 30.0 Å². The number of carbonyl (C=O) groups is 2. The number of fused-ring (bicyclic) bond motifs is 1. The van der Waals surface area contributed by atoms with Crippen LogP contribution in [-0.4, -0.2) is 52.5 Å². The molecule has 1 saturated heterocycles. The fourth-order valence-corrected chi connectivity index (χ4v) is 6.95. The quantitative estimate of drug-likeness (QED) is 0.439. The van der Waals surface area contributed by atoms with Crippen molar-refractivity contribution in [3.8, 4) is 0 Å². The number of hydrogen-bond donors (Lipinski definition) is 3. The van der Waals surface area contributed by atoms with E-state index in [0.717, 1.165) is 66.9 Å². The Labute approximate surface area is 226 Å². The molecule has 198 valence electrons. The summed E-state index contributed by atoms with van der Waals surface area (Å²) in [5.74, 6) is 1.45. The van der Waals surface area contributed by atoms with E-state index in [1.165, 1.54) is 0 Å². The Balaban J connectivity index is 1.31. The third-order valence-electron chi connectivity index (χ3n) is 7.83. The van der Waals surface area contributed by atoms with Crippen LogP contribution >= 0.6 is 23.6 Å². The molecule has 37 heavy (non-hydrogen) atoms. The van der Waals surface area contributed by atoms with Gasteiger partial charge in [-0.1, -0.05) is 0 Å².